The molecule has 1 aromatic rings. The van der Waals surface area contributed by atoms with Crippen molar-refractivity contribution in [3.8, 4) is 0 Å². The van der Waals surface area contributed by atoms with Crippen LogP contribution in [0.4, 0.5) is 0 Å². The number of nitrogens with zero attached hydrogens (tertiary/aromatic N) is 2. The molecule has 0 bridgehead atoms. The van der Waals surface area contributed by atoms with Crippen LogP contribution in [0, 0.1) is 0 Å². The number of rotatable bonds is 5. The van der Waals surface area contributed by atoms with Crippen LogP contribution in [0.5, 0.6) is 0 Å². The van der Waals surface area contributed by atoms with Crippen molar-refractivity contribution in [2.75, 3.05) is 0 Å². The first-order valence-corrected chi connectivity index (χ1v) is 5.08. The van der Waals surface area contributed by atoms with Crippen molar-refractivity contribution in [2.24, 2.45) is 11.5 Å². The van der Waals surface area contributed by atoms with E-state index in [0.29, 0.717) is 18.9 Å². The third-order valence-corrected chi connectivity index (χ3v) is 2.31. The number of carbonyl (C=O) groups is 1. The zero-order valence-electron chi connectivity index (χ0n) is 9.18. The molecule has 0 saturated heterocycles. The Kier molecular flexibility index (Phi) is 3.85. The second kappa shape index (κ2) is 4.93. The Morgan fingerprint density at radius 3 is 2.80 bits per heavy atom. The molecule has 5 heteroatoms. The molecular formula is C10H18N4O. The number of carbonyl (C=O) groups excluding carboxylic acids is 1. The summed E-state index contributed by atoms with van der Waals surface area (Å²) in [5, 5.41) is 0. The van der Waals surface area contributed by atoms with Crippen LogP contribution in [0.2, 0.25) is 0 Å². The molecule has 5 nitrogen and oxygen atoms in total. The molecule has 1 unspecified atom stereocenters. The predicted molar refractivity (Wildman–Crippen MR) is 58.1 cm³/mol. The highest BCUT2D eigenvalue weighted by Crippen LogP contribution is 2.12. The Morgan fingerprint density at radius 1 is 1.60 bits per heavy atom. The van der Waals surface area contributed by atoms with Crippen molar-refractivity contribution in [2.45, 2.75) is 38.8 Å². The van der Waals surface area contributed by atoms with Gasteiger partial charge in [0.15, 0.2) is 0 Å². The van der Waals surface area contributed by atoms with E-state index < -0.39 is 11.9 Å². The summed E-state index contributed by atoms with van der Waals surface area (Å²) in [5.74, 6) is 0.915. The average molecular weight is 210 g/mol. The lowest BCUT2D eigenvalue weighted by Crippen LogP contribution is -2.37. The van der Waals surface area contributed by atoms with Crippen molar-refractivity contribution in [3.05, 3.63) is 18.2 Å². The fourth-order valence-electron chi connectivity index (χ4n) is 1.43. The molecule has 1 atom stereocenters. The van der Waals surface area contributed by atoms with Crippen LogP contribution >= 0.6 is 0 Å². The summed E-state index contributed by atoms with van der Waals surface area (Å²) < 4.78 is 2.01. The van der Waals surface area contributed by atoms with E-state index in [9.17, 15) is 4.79 Å². The van der Waals surface area contributed by atoms with Gasteiger partial charge in [-0.3, -0.25) is 4.79 Å². The lowest BCUT2D eigenvalue weighted by atomic mass is 10.2. The van der Waals surface area contributed by atoms with Crippen molar-refractivity contribution < 1.29 is 4.79 Å². The maximum Gasteiger partial charge on any atom is 0.234 e. The molecule has 0 aliphatic carbocycles. The summed E-state index contributed by atoms with van der Waals surface area (Å²) in [5.41, 5.74) is 10.6. The van der Waals surface area contributed by atoms with Gasteiger partial charge >= 0.3 is 0 Å². The van der Waals surface area contributed by atoms with E-state index in [-0.39, 0.29) is 0 Å². The predicted octanol–water partition coefficient (Wildman–Crippen LogP) is 0.209. The molecule has 1 amide bonds. The zero-order chi connectivity index (χ0) is 11.4. The Balaban J connectivity index is 2.57. The van der Waals surface area contributed by atoms with E-state index >= 15 is 0 Å². The van der Waals surface area contributed by atoms with Crippen LogP contribution in [0.25, 0.3) is 0 Å². The number of amides is 1. The minimum atomic E-state index is -0.576. The third-order valence-electron chi connectivity index (χ3n) is 2.31. The smallest absolute Gasteiger partial charge is 0.234 e. The molecule has 84 valence electrons. The van der Waals surface area contributed by atoms with Gasteiger partial charge in [0.25, 0.3) is 0 Å². The molecule has 1 rings (SSSR count). The Bertz CT molecular complexity index is 332. The third kappa shape index (κ3) is 3.06. The molecular weight excluding hydrogens is 192 g/mol. The van der Waals surface area contributed by atoms with Gasteiger partial charge in [-0.2, -0.15) is 0 Å². The zero-order valence-corrected chi connectivity index (χ0v) is 9.18. The first-order chi connectivity index (χ1) is 7.02. The average Bonchev–Trinajstić information content (AvgIpc) is 2.61. The number of hydrogen-bond donors (Lipinski definition) is 2. The van der Waals surface area contributed by atoms with Crippen molar-refractivity contribution in [1.29, 1.82) is 0 Å². The van der Waals surface area contributed by atoms with Crippen LogP contribution in [-0.4, -0.2) is 21.5 Å². The molecule has 0 aromatic carbocycles. The first kappa shape index (κ1) is 11.7. The standard InChI is InChI=1S/C10H18N4O/c1-7(2)10-13-4-6-14(10)5-3-8(11)9(12)15/h4,6-8H,3,5,11H2,1-2H3,(H2,12,15). The molecule has 0 aliphatic heterocycles. The number of aryl methyl sites for hydroxylation is 1. The van der Waals surface area contributed by atoms with Gasteiger partial charge in [-0.25, -0.2) is 4.98 Å². The number of hydrogen-bond acceptors (Lipinski definition) is 3. The normalized spacial score (nSPS) is 13.1. The quantitative estimate of drug-likeness (QED) is 0.728. The Labute approximate surface area is 89.5 Å². The van der Waals surface area contributed by atoms with Gasteiger partial charge in [-0.15, -0.1) is 0 Å². The number of nitrogens with two attached hydrogens (primary N) is 2. The second-order valence-electron chi connectivity index (χ2n) is 3.93. The molecule has 1 heterocycles. The summed E-state index contributed by atoms with van der Waals surface area (Å²) in [6.45, 7) is 4.83. The molecule has 0 radical (unpaired) electrons. The molecule has 4 N–H and O–H groups in total. The van der Waals surface area contributed by atoms with Gasteiger partial charge < -0.3 is 16.0 Å². The largest absolute Gasteiger partial charge is 0.368 e. The SMILES string of the molecule is CC(C)c1nccn1CCC(N)C(N)=O. The molecule has 1 aromatic heterocycles. The van der Waals surface area contributed by atoms with Crippen molar-refractivity contribution in [3.63, 3.8) is 0 Å². The molecule has 0 spiro atoms. The number of primary amides is 1. The fourth-order valence-corrected chi connectivity index (χ4v) is 1.43. The number of imidazole rings is 1. The molecule has 15 heavy (non-hydrogen) atoms. The van der Waals surface area contributed by atoms with Gasteiger partial charge in [0.2, 0.25) is 5.91 Å². The highest BCUT2D eigenvalue weighted by molar-refractivity contribution is 5.79. The van der Waals surface area contributed by atoms with Crippen molar-refractivity contribution in [1.82, 2.24) is 9.55 Å². The number of aromatic nitrogens is 2. The van der Waals surface area contributed by atoms with E-state index in [1.54, 1.807) is 6.20 Å². The first-order valence-electron chi connectivity index (χ1n) is 5.08. The minimum absolute atomic E-state index is 0.366. The molecule has 0 aliphatic rings. The van der Waals surface area contributed by atoms with E-state index in [2.05, 4.69) is 18.8 Å². The highest BCUT2D eigenvalue weighted by Gasteiger charge is 2.11. The van der Waals surface area contributed by atoms with Crippen molar-refractivity contribution >= 4 is 5.91 Å². The summed E-state index contributed by atoms with van der Waals surface area (Å²) in [6.07, 6.45) is 4.19. The van der Waals surface area contributed by atoms with Gasteiger partial charge in [0, 0.05) is 24.9 Å². The summed E-state index contributed by atoms with van der Waals surface area (Å²) in [7, 11) is 0. The fraction of sp³-hybridized carbons (Fsp3) is 0.600. The van der Waals surface area contributed by atoms with E-state index in [4.69, 9.17) is 11.5 Å². The van der Waals surface area contributed by atoms with Crippen LogP contribution < -0.4 is 11.5 Å². The minimum Gasteiger partial charge on any atom is -0.368 e. The van der Waals surface area contributed by atoms with Gasteiger partial charge in [0.05, 0.1) is 6.04 Å². The van der Waals surface area contributed by atoms with Crippen LogP contribution in [0.3, 0.4) is 0 Å². The van der Waals surface area contributed by atoms with E-state index in [1.165, 1.54) is 0 Å². The Morgan fingerprint density at radius 2 is 2.27 bits per heavy atom. The topological polar surface area (TPSA) is 86.9 Å². The van der Waals surface area contributed by atoms with Crippen LogP contribution in [0.1, 0.15) is 32.0 Å². The Hall–Kier alpha value is -1.36. The monoisotopic (exact) mass is 210 g/mol. The maximum absolute atomic E-state index is 10.7. The van der Waals surface area contributed by atoms with E-state index in [0.717, 1.165) is 5.82 Å². The van der Waals surface area contributed by atoms with Gasteiger partial charge in [0.1, 0.15) is 5.82 Å². The molecule has 0 saturated carbocycles. The summed E-state index contributed by atoms with van der Waals surface area (Å²) in [4.78, 5) is 15.0. The summed E-state index contributed by atoms with van der Waals surface area (Å²) >= 11 is 0. The van der Waals surface area contributed by atoms with E-state index in [1.807, 2.05) is 10.8 Å². The van der Waals surface area contributed by atoms with Gasteiger partial charge in [-0.05, 0) is 6.42 Å². The lowest BCUT2D eigenvalue weighted by molar-refractivity contribution is -0.119. The second-order valence-corrected chi connectivity index (χ2v) is 3.93. The summed E-state index contributed by atoms with van der Waals surface area (Å²) in [6, 6.07) is -0.576. The lowest BCUT2D eigenvalue weighted by Gasteiger charge is -2.12. The maximum atomic E-state index is 10.7. The van der Waals surface area contributed by atoms with Crippen LogP contribution in [0.15, 0.2) is 12.4 Å². The van der Waals surface area contributed by atoms with Crippen LogP contribution in [-0.2, 0) is 11.3 Å². The molecule has 0 fully saturated rings. The van der Waals surface area contributed by atoms with Gasteiger partial charge in [-0.1, -0.05) is 13.8 Å². The highest BCUT2D eigenvalue weighted by atomic mass is 16.1.